The molecular formula is C21H21N3O2. The number of aliphatic hydroxyl groups is 1. The number of carbonyl (C=O) groups excluding carboxylic acids is 1. The van der Waals surface area contributed by atoms with E-state index >= 15 is 0 Å². The zero-order chi connectivity index (χ0) is 18.4. The molecule has 0 saturated carbocycles. The Morgan fingerprint density at radius 3 is 2.46 bits per heavy atom. The first kappa shape index (κ1) is 17.8. The van der Waals surface area contributed by atoms with E-state index in [4.69, 9.17) is 10.1 Å². The van der Waals surface area contributed by atoms with Crippen LogP contribution in [0.3, 0.4) is 0 Å². The van der Waals surface area contributed by atoms with Gasteiger partial charge in [-0.25, -0.2) is 9.97 Å². The molecule has 26 heavy (non-hydrogen) atoms. The van der Waals surface area contributed by atoms with Crippen LogP contribution in [0.15, 0.2) is 60.8 Å². The predicted octanol–water partition coefficient (Wildman–Crippen LogP) is 3.84. The molecule has 132 valence electrons. The van der Waals surface area contributed by atoms with Gasteiger partial charge < -0.3 is 10.4 Å². The number of nitrogens with one attached hydrogen (secondary N) is 1. The van der Waals surface area contributed by atoms with Crippen molar-refractivity contribution in [2.24, 2.45) is 0 Å². The third-order valence-corrected chi connectivity index (χ3v) is 4.03. The molecule has 0 saturated heterocycles. The molecule has 5 heteroatoms. The maximum Gasteiger partial charge on any atom is 0.256 e. The molecule has 0 aliphatic carbocycles. The first-order valence-corrected chi connectivity index (χ1v) is 8.63. The van der Waals surface area contributed by atoms with Crippen LogP contribution in [0.5, 0.6) is 0 Å². The lowest BCUT2D eigenvalue weighted by atomic mass is 10.1. The average molecular weight is 347 g/mol. The van der Waals surface area contributed by atoms with Crippen LogP contribution < -0.4 is 5.32 Å². The van der Waals surface area contributed by atoms with Crippen molar-refractivity contribution in [1.29, 1.82) is 0 Å². The van der Waals surface area contributed by atoms with Crippen molar-refractivity contribution >= 4 is 11.7 Å². The third-order valence-electron chi connectivity index (χ3n) is 4.03. The first-order valence-electron chi connectivity index (χ1n) is 8.63. The summed E-state index contributed by atoms with van der Waals surface area (Å²) in [7, 11) is 0. The number of anilines is 1. The largest absolute Gasteiger partial charge is 0.392 e. The smallest absolute Gasteiger partial charge is 0.256 e. The normalized spacial score (nSPS) is 10.5. The summed E-state index contributed by atoms with van der Waals surface area (Å²) in [5, 5.41) is 12.0. The summed E-state index contributed by atoms with van der Waals surface area (Å²) < 4.78 is 0. The summed E-state index contributed by atoms with van der Waals surface area (Å²) in [4.78, 5) is 21.5. The van der Waals surface area contributed by atoms with Gasteiger partial charge in [-0.05, 0) is 24.1 Å². The fourth-order valence-corrected chi connectivity index (χ4v) is 2.63. The third kappa shape index (κ3) is 4.13. The lowest BCUT2D eigenvalue weighted by Gasteiger charge is -2.11. The van der Waals surface area contributed by atoms with E-state index in [0.29, 0.717) is 11.4 Å². The molecule has 0 fully saturated rings. The SMILES string of the molecule is CCCc1nc(-c2ccc(CO)cc2)cnc1NC(=O)c1ccccc1. The molecule has 1 amide bonds. The van der Waals surface area contributed by atoms with E-state index in [0.717, 1.165) is 35.4 Å². The highest BCUT2D eigenvalue weighted by molar-refractivity contribution is 6.04. The number of aromatic nitrogens is 2. The van der Waals surface area contributed by atoms with E-state index in [1.54, 1.807) is 18.3 Å². The molecule has 5 nitrogen and oxygen atoms in total. The highest BCUT2D eigenvalue weighted by Crippen LogP contribution is 2.21. The molecule has 3 rings (SSSR count). The van der Waals surface area contributed by atoms with E-state index in [1.165, 1.54) is 0 Å². The molecule has 2 aromatic carbocycles. The minimum atomic E-state index is -0.197. The van der Waals surface area contributed by atoms with Crippen LogP contribution >= 0.6 is 0 Å². The van der Waals surface area contributed by atoms with Gasteiger partial charge in [0.25, 0.3) is 5.91 Å². The summed E-state index contributed by atoms with van der Waals surface area (Å²) in [5.41, 5.74) is 3.87. The van der Waals surface area contributed by atoms with Crippen molar-refractivity contribution in [2.45, 2.75) is 26.4 Å². The maximum absolute atomic E-state index is 12.4. The van der Waals surface area contributed by atoms with E-state index in [9.17, 15) is 4.79 Å². The van der Waals surface area contributed by atoms with Crippen molar-refractivity contribution < 1.29 is 9.90 Å². The van der Waals surface area contributed by atoms with Gasteiger partial charge in [-0.3, -0.25) is 4.79 Å². The molecule has 1 heterocycles. The molecule has 0 atom stereocenters. The molecular weight excluding hydrogens is 326 g/mol. The Labute approximate surface area is 152 Å². The standard InChI is InChI=1S/C21H21N3O2/c1-2-6-18-20(24-21(26)17-7-4-3-5-8-17)22-13-19(23-18)16-11-9-15(14-25)10-12-16/h3-5,7-13,25H,2,6,14H2,1H3,(H,22,24,26). The van der Waals surface area contributed by atoms with Gasteiger partial charge in [-0.15, -0.1) is 0 Å². The summed E-state index contributed by atoms with van der Waals surface area (Å²) in [6.07, 6.45) is 3.28. The minimum absolute atomic E-state index is 0.0114. The van der Waals surface area contributed by atoms with Gasteiger partial charge in [0.1, 0.15) is 0 Å². The van der Waals surface area contributed by atoms with Crippen LogP contribution in [0.25, 0.3) is 11.3 Å². The maximum atomic E-state index is 12.4. The molecule has 0 aliphatic heterocycles. The summed E-state index contributed by atoms with van der Waals surface area (Å²) >= 11 is 0. The fourth-order valence-electron chi connectivity index (χ4n) is 2.63. The van der Waals surface area contributed by atoms with E-state index < -0.39 is 0 Å². The van der Waals surface area contributed by atoms with Gasteiger partial charge in [-0.2, -0.15) is 0 Å². The molecule has 0 unspecified atom stereocenters. The van der Waals surface area contributed by atoms with Crippen LogP contribution in [0, 0.1) is 0 Å². The van der Waals surface area contributed by atoms with Gasteiger partial charge in [0.15, 0.2) is 5.82 Å². The predicted molar refractivity (Wildman–Crippen MR) is 102 cm³/mol. The topological polar surface area (TPSA) is 75.1 Å². The molecule has 0 radical (unpaired) electrons. The molecule has 2 N–H and O–H groups in total. The van der Waals surface area contributed by atoms with E-state index in [2.05, 4.69) is 17.2 Å². The number of amides is 1. The van der Waals surface area contributed by atoms with Crippen molar-refractivity contribution in [2.75, 3.05) is 5.32 Å². The second-order valence-electron chi connectivity index (χ2n) is 5.98. The Hall–Kier alpha value is -3.05. The molecule has 3 aromatic rings. The van der Waals surface area contributed by atoms with Crippen LogP contribution in [0.2, 0.25) is 0 Å². The van der Waals surface area contributed by atoms with E-state index in [1.807, 2.05) is 42.5 Å². The first-order chi connectivity index (χ1) is 12.7. The Morgan fingerprint density at radius 2 is 1.81 bits per heavy atom. The Balaban J connectivity index is 1.87. The number of benzene rings is 2. The van der Waals surface area contributed by atoms with Gasteiger partial charge in [0.05, 0.1) is 24.2 Å². The number of rotatable bonds is 6. The minimum Gasteiger partial charge on any atom is -0.392 e. The zero-order valence-corrected chi connectivity index (χ0v) is 14.6. The summed E-state index contributed by atoms with van der Waals surface area (Å²) in [6.45, 7) is 2.07. The average Bonchev–Trinajstić information content (AvgIpc) is 2.70. The number of aryl methyl sites for hydroxylation is 1. The fraction of sp³-hybridized carbons (Fsp3) is 0.190. The molecule has 0 spiro atoms. The number of aliphatic hydroxyl groups excluding tert-OH is 1. The Bertz CT molecular complexity index is 878. The second kappa shape index (κ2) is 8.36. The summed E-state index contributed by atoms with van der Waals surface area (Å²) in [5.74, 6) is 0.300. The van der Waals surface area contributed by atoms with Crippen molar-refractivity contribution in [3.8, 4) is 11.3 Å². The number of nitrogens with zero attached hydrogens (tertiary/aromatic N) is 2. The molecule has 1 aromatic heterocycles. The number of hydrogen-bond donors (Lipinski definition) is 2. The lowest BCUT2D eigenvalue weighted by Crippen LogP contribution is -2.15. The molecule has 0 bridgehead atoms. The van der Waals surface area contributed by atoms with Crippen molar-refractivity contribution in [3.05, 3.63) is 77.6 Å². The van der Waals surface area contributed by atoms with Crippen molar-refractivity contribution in [1.82, 2.24) is 9.97 Å². The number of carbonyl (C=O) groups is 1. The lowest BCUT2D eigenvalue weighted by molar-refractivity contribution is 0.102. The van der Waals surface area contributed by atoms with Gasteiger partial charge >= 0.3 is 0 Å². The zero-order valence-electron chi connectivity index (χ0n) is 14.6. The van der Waals surface area contributed by atoms with Crippen LogP contribution in [-0.4, -0.2) is 21.0 Å². The Kier molecular flexibility index (Phi) is 5.71. The van der Waals surface area contributed by atoms with Gasteiger partial charge in [0.2, 0.25) is 0 Å². The van der Waals surface area contributed by atoms with Crippen LogP contribution in [0.1, 0.15) is 35.0 Å². The highest BCUT2D eigenvalue weighted by atomic mass is 16.3. The monoisotopic (exact) mass is 347 g/mol. The molecule has 0 aliphatic rings. The van der Waals surface area contributed by atoms with Gasteiger partial charge in [0, 0.05) is 11.1 Å². The summed E-state index contributed by atoms with van der Waals surface area (Å²) in [6, 6.07) is 16.6. The Morgan fingerprint density at radius 1 is 1.08 bits per heavy atom. The quantitative estimate of drug-likeness (QED) is 0.710. The van der Waals surface area contributed by atoms with Gasteiger partial charge in [-0.1, -0.05) is 55.8 Å². The van der Waals surface area contributed by atoms with E-state index in [-0.39, 0.29) is 12.5 Å². The highest BCUT2D eigenvalue weighted by Gasteiger charge is 2.12. The van der Waals surface area contributed by atoms with Crippen LogP contribution in [0.4, 0.5) is 5.82 Å². The number of hydrogen-bond acceptors (Lipinski definition) is 4. The second-order valence-corrected chi connectivity index (χ2v) is 5.98. The van der Waals surface area contributed by atoms with Crippen LogP contribution in [-0.2, 0) is 13.0 Å². The van der Waals surface area contributed by atoms with Crippen molar-refractivity contribution in [3.63, 3.8) is 0 Å².